The van der Waals surface area contributed by atoms with Gasteiger partial charge in [-0.1, -0.05) is 48.5 Å². The third-order valence-electron chi connectivity index (χ3n) is 4.82. The minimum atomic E-state index is 0.617. The predicted molar refractivity (Wildman–Crippen MR) is 127 cm³/mol. The highest BCUT2D eigenvalue weighted by molar-refractivity contribution is 5.69. The van der Waals surface area contributed by atoms with Gasteiger partial charge in [0.2, 0.25) is 0 Å². The molecular formula is C27H20N4O. The molecule has 0 radical (unpaired) electrons. The van der Waals surface area contributed by atoms with Crippen molar-refractivity contribution in [2.24, 2.45) is 0 Å². The van der Waals surface area contributed by atoms with Gasteiger partial charge in [0.15, 0.2) is 5.82 Å². The lowest BCUT2D eigenvalue weighted by atomic mass is 10.1. The molecule has 5 nitrogen and oxygen atoms in total. The Morgan fingerprint density at radius 1 is 0.625 bits per heavy atom. The Morgan fingerprint density at radius 2 is 1.31 bits per heavy atom. The van der Waals surface area contributed by atoms with Gasteiger partial charge in [-0.05, 0) is 48.5 Å². The van der Waals surface area contributed by atoms with Crippen LogP contribution < -0.4 is 10.1 Å². The van der Waals surface area contributed by atoms with E-state index in [2.05, 4.69) is 10.3 Å². The molecular weight excluding hydrogens is 396 g/mol. The lowest BCUT2D eigenvalue weighted by molar-refractivity contribution is 0.483. The molecule has 0 aliphatic heterocycles. The maximum Gasteiger partial charge on any atom is 0.163 e. The number of aromatic nitrogens is 3. The average Bonchev–Trinajstić information content (AvgIpc) is 2.87. The number of para-hydroxylation sites is 1. The van der Waals surface area contributed by atoms with E-state index in [-0.39, 0.29) is 0 Å². The zero-order valence-corrected chi connectivity index (χ0v) is 17.2. The average molecular weight is 416 g/mol. The zero-order chi connectivity index (χ0) is 21.6. The molecule has 0 saturated carbocycles. The van der Waals surface area contributed by atoms with Crippen LogP contribution in [0.2, 0.25) is 0 Å². The van der Waals surface area contributed by atoms with Gasteiger partial charge < -0.3 is 10.1 Å². The van der Waals surface area contributed by atoms with Crippen LogP contribution in [0.3, 0.4) is 0 Å². The summed E-state index contributed by atoms with van der Waals surface area (Å²) >= 11 is 0. The lowest BCUT2D eigenvalue weighted by Gasteiger charge is -2.11. The highest BCUT2D eigenvalue weighted by Crippen LogP contribution is 2.27. The van der Waals surface area contributed by atoms with Crippen molar-refractivity contribution in [2.75, 3.05) is 5.32 Å². The molecule has 154 valence electrons. The van der Waals surface area contributed by atoms with Crippen molar-refractivity contribution in [1.82, 2.24) is 15.0 Å². The Bertz CT molecular complexity index is 1230. The molecule has 0 spiro atoms. The third-order valence-corrected chi connectivity index (χ3v) is 4.82. The van der Waals surface area contributed by atoms with E-state index >= 15 is 0 Å². The second kappa shape index (κ2) is 9.10. The first-order valence-electron chi connectivity index (χ1n) is 10.3. The standard InChI is InChI=1S/C27H20N4O/c1-3-8-20(9-4-1)25-18-26(31-27(30-25)21-10-7-17-28-19-21)29-22-13-15-24(16-14-22)32-23-11-5-2-6-12-23/h1-19H,(H,29,30,31). The number of nitrogens with one attached hydrogen (secondary N) is 1. The quantitative estimate of drug-likeness (QED) is 0.332. The number of ether oxygens (including phenoxy) is 1. The minimum absolute atomic E-state index is 0.617. The van der Waals surface area contributed by atoms with E-state index in [1.54, 1.807) is 12.4 Å². The maximum absolute atomic E-state index is 5.88. The summed E-state index contributed by atoms with van der Waals surface area (Å²) in [5.74, 6) is 2.89. The first-order chi connectivity index (χ1) is 15.8. The summed E-state index contributed by atoms with van der Waals surface area (Å²) in [7, 11) is 0. The first kappa shape index (κ1) is 19.5. The van der Waals surface area contributed by atoms with Crippen LogP contribution in [0.5, 0.6) is 11.5 Å². The summed E-state index contributed by atoms with van der Waals surface area (Å²) in [6.45, 7) is 0. The van der Waals surface area contributed by atoms with E-state index in [9.17, 15) is 0 Å². The van der Waals surface area contributed by atoms with E-state index in [1.165, 1.54) is 0 Å². The SMILES string of the molecule is c1ccc(Oc2ccc(Nc3cc(-c4ccccc4)nc(-c4cccnc4)n3)cc2)cc1. The number of hydrogen-bond donors (Lipinski definition) is 1. The number of nitrogens with zero attached hydrogens (tertiary/aromatic N) is 3. The van der Waals surface area contributed by atoms with E-state index < -0.39 is 0 Å². The van der Waals surface area contributed by atoms with Gasteiger partial charge in [0.25, 0.3) is 0 Å². The van der Waals surface area contributed by atoms with Crippen molar-refractivity contribution in [3.63, 3.8) is 0 Å². The number of rotatable bonds is 6. The third kappa shape index (κ3) is 4.63. The molecule has 2 heterocycles. The van der Waals surface area contributed by atoms with Crippen LogP contribution in [0, 0.1) is 0 Å². The van der Waals surface area contributed by atoms with Crippen LogP contribution in [0.15, 0.2) is 116 Å². The van der Waals surface area contributed by atoms with Crippen molar-refractivity contribution in [3.05, 3.63) is 116 Å². The molecule has 1 N–H and O–H groups in total. The Kier molecular flexibility index (Phi) is 5.53. The van der Waals surface area contributed by atoms with Crippen molar-refractivity contribution >= 4 is 11.5 Å². The number of benzene rings is 3. The number of anilines is 2. The molecule has 2 aromatic heterocycles. The minimum Gasteiger partial charge on any atom is -0.457 e. The second-order valence-corrected chi connectivity index (χ2v) is 7.13. The van der Waals surface area contributed by atoms with Crippen LogP contribution in [0.1, 0.15) is 0 Å². The maximum atomic E-state index is 5.88. The molecule has 0 fully saturated rings. The predicted octanol–water partition coefficient (Wildman–Crippen LogP) is 6.74. The number of hydrogen-bond acceptors (Lipinski definition) is 5. The summed E-state index contributed by atoms with van der Waals surface area (Å²) in [5.41, 5.74) is 3.63. The second-order valence-electron chi connectivity index (χ2n) is 7.13. The van der Waals surface area contributed by atoms with E-state index in [1.807, 2.05) is 103 Å². The molecule has 0 atom stereocenters. The van der Waals surface area contributed by atoms with Crippen LogP contribution >= 0.6 is 0 Å². The van der Waals surface area contributed by atoms with Gasteiger partial charge in [-0.25, -0.2) is 9.97 Å². The van der Waals surface area contributed by atoms with Crippen LogP contribution in [0.4, 0.5) is 11.5 Å². The van der Waals surface area contributed by atoms with E-state index in [0.29, 0.717) is 11.6 Å². The molecule has 5 rings (SSSR count). The van der Waals surface area contributed by atoms with Gasteiger partial charge in [0.1, 0.15) is 17.3 Å². The molecule has 5 aromatic rings. The normalized spacial score (nSPS) is 10.5. The Labute approximate surface area is 186 Å². The van der Waals surface area contributed by atoms with E-state index in [0.717, 1.165) is 34.0 Å². The molecule has 0 aliphatic rings. The monoisotopic (exact) mass is 416 g/mol. The fourth-order valence-corrected chi connectivity index (χ4v) is 3.27. The zero-order valence-electron chi connectivity index (χ0n) is 17.2. The molecule has 3 aromatic carbocycles. The van der Waals surface area contributed by atoms with Gasteiger partial charge in [0.05, 0.1) is 5.69 Å². The van der Waals surface area contributed by atoms with Crippen LogP contribution in [0.25, 0.3) is 22.6 Å². The Balaban J connectivity index is 1.43. The fourth-order valence-electron chi connectivity index (χ4n) is 3.27. The Hall–Kier alpha value is -4.51. The van der Waals surface area contributed by atoms with Gasteiger partial charge in [-0.2, -0.15) is 0 Å². The summed E-state index contributed by atoms with van der Waals surface area (Å²) in [4.78, 5) is 13.7. The van der Waals surface area contributed by atoms with Gasteiger partial charge in [-0.3, -0.25) is 4.98 Å². The molecule has 32 heavy (non-hydrogen) atoms. The lowest BCUT2D eigenvalue weighted by Crippen LogP contribution is -1.99. The summed E-state index contributed by atoms with van der Waals surface area (Å²) in [6.07, 6.45) is 3.51. The molecule has 0 bridgehead atoms. The van der Waals surface area contributed by atoms with Crippen molar-refractivity contribution in [2.45, 2.75) is 0 Å². The fraction of sp³-hybridized carbons (Fsp3) is 0. The smallest absolute Gasteiger partial charge is 0.163 e. The molecule has 5 heteroatoms. The van der Waals surface area contributed by atoms with Crippen molar-refractivity contribution < 1.29 is 4.74 Å². The van der Waals surface area contributed by atoms with Crippen molar-refractivity contribution in [3.8, 4) is 34.1 Å². The summed E-state index contributed by atoms with van der Waals surface area (Å²) < 4.78 is 5.88. The van der Waals surface area contributed by atoms with Crippen LogP contribution in [-0.4, -0.2) is 15.0 Å². The largest absolute Gasteiger partial charge is 0.457 e. The van der Waals surface area contributed by atoms with Crippen molar-refractivity contribution in [1.29, 1.82) is 0 Å². The topological polar surface area (TPSA) is 59.9 Å². The molecule has 0 unspecified atom stereocenters. The van der Waals surface area contributed by atoms with Gasteiger partial charge in [-0.15, -0.1) is 0 Å². The highest BCUT2D eigenvalue weighted by Gasteiger charge is 2.09. The molecule has 0 saturated heterocycles. The Morgan fingerprint density at radius 3 is 2.03 bits per heavy atom. The van der Waals surface area contributed by atoms with Gasteiger partial charge in [0, 0.05) is 35.3 Å². The van der Waals surface area contributed by atoms with Crippen LogP contribution in [-0.2, 0) is 0 Å². The molecule has 0 amide bonds. The van der Waals surface area contributed by atoms with Gasteiger partial charge >= 0.3 is 0 Å². The first-order valence-corrected chi connectivity index (χ1v) is 10.3. The van der Waals surface area contributed by atoms with E-state index in [4.69, 9.17) is 14.7 Å². The summed E-state index contributed by atoms with van der Waals surface area (Å²) in [6, 6.07) is 33.4. The highest BCUT2D eigenvalue weighted by atomic mass is 16.5. The molecule has 0 aliphatic carbocycles. The number of pyridine rings is 1. The summed E-state index contributed by atoms with van der Waals surface area (Å²) in [5, 5.41) is 3.39.